The molecule has 0 aliphatic rings. The van der Waals surface area contributed by atoms with Gasteiger partial charge in [-0.05, 0) is 48.1 Å². The third kappa shape index (κ3) is 3.63. The Morgan fingerprint density at radius 1 is 0.812 bits per heavy atom. The molecular weight excluding hydrogens is 426 g/mol. The van der Waals surface area contributed by atoms with Gasteiger partial charge in [-0.2, -0.15) is 0 Å². The molecule has 0 atom stereocenters. The van der Waals surface area contributed by atoms with E-state index in [0.29, 0.717) is 27.5 Å². The van der Waals surface area contributed by atoms with Crippen molar-refractivity contribution in [3.8, 4) is 0 Å². The second-order valence-electron chi connectivity index (χ2n) is 7.01. The number of carboxylic acids is 2. The van der Waals surface area contributed by atoms with E-state index in [1.54, 1.807) is 48.2 Å². The first-order valence-electron chi connectivity index (χ1n) is 9.91. The van der Waals surface area contributed by atoms with Gasteiger partial charge in [-0.15, -0.1) is 0 Å². The molecule has 4 aromatic carbocycles. The number of aromatic carboxylic acids is 2. The molecule has 32 heavy (non-hydrogen) atoms. The Balaban J connectivity index is 2.12. The highest BCUT2D eigenvalue weighted by molar-refractivity contribution is 7.80. The maximum Gasteiger partial charge on any atom is 0.337 e. The molecule has 0 amide bonds. The van der Waals surface area contributed by atoms with Crippen molar-refractivity contribution in [1.29, 1.82) is 0 Å². The van der Waals surface area contributed by atoms with Crippen molar-refractivity contribution >= 4 is 62.3 Å². The van der Waals surface area contributed by atoms with E-state index in [1.807, 2.05) is 24.3 Å². The van der Waals surface area contributed by atoms with Crippen molar-refractivity contribution in [2.24, 2.45) is 0 Å². The first-order valence-corrected chi connectivity index (χ1v) is 10.3. The van der Waals surface area contributed by atoms with Crippen molar-refractivity contribution in [2.45, 2.75) is 6.92 Å². The number of ether oxygens (including phenoxy) is 1. The van der Waals surface area contributed by atoms with Gasteiger partial charge in [0.05, 0.1) is 29.1 Å². The van der Waals surface area contributed by atoms with E-state index in [1.165, 1.54) is 12.1 Å². The fourth-order valence-corrected chi connectivity index (χ4v) is 4.14. The molecule has 0 aromatic heterocycles. The van der Waals surface area contributed by atoms with Gasteiger partial charge in [0, 0.05) is 10.8 Å². The molecule has 4 rings (SSSR count). The Morgan fingerprint density at radius 2 is 1.41 bits per heavy atom. The van der Waals surface area contributed by atoms with E-state index in [9.17, 15) is 19.8 Å². The second-order valence-corrected chi connectivity index (χ2v) is 7.35. The molecule has 4 aromatic rings. The smallest absolute Gasteiger partial charge is 0.337 e. The van der Waals surface area contributed by atoms with Crippen LogP contribution in [-0.4, -0.2) is 33.9 Å². The van der Waals surface area contributed by atoms with Gasteiger partial charge in [-0.1, -0.05) is 54.6 Å². The maximum absolute atomic E-state index is 12.2. The molecule has 2 N–H and O–H groups in total. The third-order valence-electron chi connectivity index (χ3n) is 5.18. The molecule has 0 aliphatic carbocycles. The normalized spacial score (nSPS) is 10.8. The SMILES string of the molecule is CCOC(=S)N(c1c(C(=O)O)ccc2ccccc12)c1ccc(C(=O)O)c2ccccc12. The van der Waals surface area contributed by atoms with Crippen molar-refractivity contribution in [2.75, 3.05) is 11.5 Å². The van der Waals surface area contributed by atoms with Gasteiger partial charge >= 0.3 is 11.9 Å². The van der Waals surface area contributed by atoms with Gasteiger partial charge in [0.15, 0.2) is 0 Å². The summed E-state index contributed by atoms with van der Waals surface area (Å²) in [6, 6.07) is 20.9. The minimum absolute atomic E-state index is 0.0529. The van der Waals surface area contributed by atoms with Crippen LogP contribution in [0, 0.1) is 0 Å². The molecule has 0 radical (unpaired) electrons. The Morgan fingerprint density at radius 3 is 2.06 bits per heavy atom. The summed E-state index contributed by atoms with van der Waals surface area (Å²) < 4.78 is 5.67. The average Bonchev–Trinajstić information content (AvgIpc) is 2.79. The van der Waals surface area contributed by atoms with Crippen molar-refractivity contribution < 1.29 is 24.5 Å². The highest BCUT2D eigenvalue weighted by atomic mass is 32.1. The van der Waals surface area contributed by atoms with Gasteiger partial charge in [-0.3, -0.25) is 4.90 Å². The molecule has 7 heteroatoms. The number of carboxylic acid groups (broad SMARTS) is 2. The van der Waals surface area contributed by atoms with Crippen molar-refractivity contribution in [3.05, 3.63) is 83.9 Å². The number of thiocarbonyl (C=S) groups is 1. The minimum atomic E-state index is -1.11. The fourth-order valence-electron chi connectivity index (χ4n) is 3.83. The number of benzene rings is 4. The van der Waals surface area contributed by atoms with Crippen molar-refractivity contribution in [3.63, 3.8) is 0 Å². The van der Waals surface area contributed by atoms with E-state index in [2.05, 4.69) is 0 Å². The number of fused-ring (bicyclic) bond motifs is 2. The van der Waals surface area contributed by atoms with Gasteiger partial charge in [0.25, 0.3) is 5.17 Å². The van der Waals surface area contributed by atoms with Crippen LogP contribution in [0.1, 0.15) is 27.6 Å². The average molecular weight is 445 g/mol. The number of carbonyl (C=O) groups is 2. The van der Waals surface area contributed by atoms with Crippen LogP contribution in [0.2, 0.25) is 0 Å². The van der Waals surface area contributed by atoms with Crippen LogP contribution in [0.25, 0.3) is 21.5 Å². The molecule has 0 fully saturated rings. The lowest BCUT2D eigenvalue weighted by Gasteiger charge is -2.29. The standard InChI is InChI=1S/C25H19NO5S/c1-2-31-25(32)26(21-14-13-19(23(27)28)17-9-5-6-10-18(17)21)22-16-8-4-3-7-15(16)11-12-20(22)24(29)30/h3-14H,2H2,1H3,(H,27,28)(H,29,30). The number of nitrogens with zero attached hydrogens (tertiary/aromatic N) is 1. The second kappa shape index (κ2) is 8.64. The molecule has 0 bridgehead atoms. The Bertz CT molecular complexity index is 1380. The maximum atomic E-state index is 12.2. The predicted molar refractivity (Wildman–Crippen MR) is 128 cm³/mol. The molecule has 0 saturated heterocycles. The molecule has 0 unspecified atom stereocenters. The summed E-state index contributed by atoms with van der Waals surface area (Å²) in [6.45, 7) is 2.07. The Hall–Kier alpha value is -3.97. The van der Waals surface area contributed by atoms with Gasteiger partial charge < -0.3 is 14.9 Å². The number of hydrogen-bond acceptors (Lipinski definition) is 4. The first kappa shape index (κ1) is 21.3. The quantitative estimate of drug-likeness (QED) is 0.373. The number of hydrogen-bond donors (Lipinski definition) is 2. The fraction of sp³-hybridized carbons (Fsp3) is 0.0800. The van der Waals surface area contributed by atoms with Crippen LogP contribution in [0.15, 0.2) is 72.8 Å². The molecular formula is C25H19NO5S. The summed E-state index contributed by atoms with van der Waals surface area (Å²) in [5, 5.41) is 22.3. The Kier molecular flexibility index (Phi) is 5.75. The molecule has 0 heterocycles. The predicted octanol–water partition coefficient (Wildman–Crippen LogP) is 5.85. The van der Waals surface area contributed by atoms with E-state index in [4.69, 9.17) is 17.0 Å². The van der Waals surface area contributed by atoms with E-state index >= 15 is 0 Å². The summed E-state index contributed by atoms with van der Waals surface area (Å²) in [5.74, 6) is -2.16. The summed E-state index contributed by atoms with van der Waals surface area (Å²) in [6.07, 6.45) is 0. The summed E-state index contributed by atoms with van der Waals surface area (Å²) in [4.78, 5) is 25.6. The van der Waals surface area contributed by atoms with E-state index < -0.39 is 11.9 Å². The molecule has 0 spiro atoms. The van der Waals surface area contributed by atoms with Crippen LogP contribution >= 0.6 is 12.2 Å². The van der Waals surface area contributed by atoms with Crippen molar-refractivity contribution in [1.82, 2.24) is 0 Å². The highest BCUT2D eigenvalue weighted by Crippen LogP contribution is 2.40. The van der Waals surface area contributed by atoms with Crippen LogP contribution in [0.3, 0.4) is 0 Å². The summed E-state index contributed by atoms with van der Waals surface area (Å²) in [7, 11) is 0. The first-order chi connectivity index (χ1) is 15.4. The van der Waals surface area contributed by atoms with E-state index in [-0.39, 0.29) is 22.9 Å². The van der Waals surface area contributed by atoms with Gasteiger partial charge in [0.1, 0.15) is 0 Å². The van der Waals surface area contributed by atoms with Crippen LogP contribution < -0.4 is 4.90 Å². The third-order valence-corrected chi connectivity index (χ3v) is 5.48. The van der Waals surface area contributed by atoms with Gasteiger partial charge in [0.2, 0.25) is 0 Å². The number of rotatable bonds is 5. The zero-order chi connectivity index (χ0) is 22.8. The zero-order valence-electron chi connectivity index (χ0n) is 17.1. The zero-order valence-corrected chi connectivity index (χ0v) is 17.9. The molecule has 6 nitrogen and oxygen atoms in total. The number of anilines is 2. The van der Waals surface area contributed by atoms with Crippen LogP contribution in [0.4, 0.5) is 11.4 Å². The highest BCUT2D eigenvalue weighted by Gasteiger charge is 2.26. The molecule has 0 aliphatic heterocycles. The lowest BCUT2D eigenvalue weighted by molar-refractivity contribution is 0.0687. The lowest BCUT2D eigenvalue weighted by atomic mass is 9.99. The topological polar surface area (TPSA) is 87.1 Å². The summed E-state index contributed by atoms with van der Waals surface area (Å²) >= 11 is 5.59. The van der Waals surface area contributed by atoms with Crippen LogP contribution in [-0.2, 0) is 4.74 Å². The van der Waals surface area contributed by atoms with E-state index in [0.717, 1.165) is 5.39 Å². The Labute approximate surface area is 189 Å². The van der Waals surface area contributed by atoms with Gasteiger partial charge in [-0.25, -0.2) is 9.59 Å². The molecule has 0 saturated carbocycles. The lowest BCUT2D eigenvalue weighted by Crippen LogP contribution is -2.28. The largest absolute Gasteiger partial charge is 0.478 e. The monoisotopic (exact) mass is 445 g/mol. The van der Waals surface area contributed by atoms with Crippen LogP contribution in [0.5, 0.6) is 0 Å². The molecule has 160 valence electrons. The summed E-state index contributed by atoms with van der Waals surface area (Å²) in [5.41, 5.74) is 1.09. The minimum Gasteiger partial charge on any atom is -0.478 e.